The molecule has 0 saturated heterocycles. The third kappa shape index (κ3) is 5.61. The van der Waals surface area contributed by atoms with E-state index < -0.39 is 17.3 Å². The van der Waals surface area contributed by atoms with Gasteiger partial charge in [0.25, 0.3) is 5.91 Å². The van der Waals surface area contributed by atoms with E-state index >= 15 is 0 Å². The molecule has 2 atom stereocenters. The lowest BCUT2D eigenvalue weighted by Gasteiger charge is -2.44. The Labute approximate surface area is 222 Å². The van der Waals surface area contributed by atoms with Crippen LogP contribution in [0, 0.1) is 17.7 Å². The molecule has 0 unspecified atom stereocenters. The van der Waals surface area contributed by atoms with E-state index in [-0.39, 0.29) is 40.8 Å². The Kier molecular flexibility index (Phi) is 8.54. The number of rotatable bonds is 9. The number of amides is 2. The first-order chi connectivity index (χ1) is 18.3. The van der Waals surface area contributed by atoms with Crippen molar-refractivity contribution < 1.29 is 33.0 Å². The van der Waals surface area contributed by atoms with Crippen molar-refractivity contribution in [1.29, 1.82) is 0 Å². The summed E-state index contributed by atoms with van der Waals surface area (Å²) in [4.78, 5) is 38.3. The fourth-order valence-electron chi connectivity index (χ4n) is 5.44. The van der Waals surface area contributed by atoms with E-state index in [9.17, 15) is 18.8 Å². The molecular formula is C29H35FN2O6. The molecule has 0 aliphatic heterocycles. The van der Waals surface area contributed by atoms with Crippen LogP contribution < -0.4 is 20.1 Å². The van der Waals surface area contributed by atoms with Gasteiger partial charge in [-0.2, -0.15) is 0 Å². The number of halogens is 1. The van der Waals surface area contributed by atoms with Crippen LogP contribution in [0.2, 0.25) is 0 Å². The molecule has 2 aliphatic rings. The fourth-order valence-corrected chi connectivity index (χ4v) is 5.44. The molecule has 4 rings (SSSR count). The van der Waals surface area contributed by atoms with Gasteiger partial charge < -0.3 is 24.8 Å². The third-order valence-electron chi connectivity index (χ3n) is 7.65. The van der Waals surface area contributed by atoms with Gasteiger partial charge in [0.2, 0.25) is 5.91 Å². The zero-order chi connectivity index (χ0) is 27.3. The number of carbonyl (C=O) groups excluding carboxylic acids is 3. The number of nitrogens with one attached hydrogen (secondary N) is 2. The zero-order valence-electron chi connectivity index (χ0n) is 22.1. The normalized spacial score (nSPS) is 20.0. The largest absolute Gasteiger partial charge is 0.493 e. The highest BCUT2D eigenvalue weighted by molar-refractivity contribution is 6.07. The van der Waals surface area contributed by atoms with Crippen molar-refractivity contribution >= 4 is 23.5 Å². The summed E-state index contributed by atoms with van der Waals surface area (Å²) in [6, 6.07) is 9.77. The molecule has 2 amide bonds. The minimum Gasteiger partial charge on any atom is -0.493 e. The Balaban J connectivity index is 1.44. The summed E-state index contributed by atoms with van der Waals surface area (Å²) in [6.45, 7) is 2.13. The number of carbonyl (C=O) groups is 3. The minimum absolute atomic E-state index is 0.0191. The van der Waals surface area contributed by atoms with Gasteiger partial charge in [-0.3, -0.25) is 14.4 Å². The van der Waals surface area contributed by atoms with Crippen LogP contribution >= 0.6 is 0 Å². The second-order valence-corrected chi connectivity index (χ2v) is 9.93. The van der Waals surface area contributed by atoms with Crippen LogP contribution in [0.1, 0.15) is 67.8 Å². The van der Waals surface area contributed by atoms with Gasteiger partial charge >= 0.3 is 5.97 Å². The molecule has 0 radical (unpaired) electrons. The summed E-state index contributed by atoms with van der Waals surface area (Å²) in [5.74, 6) is -1.81. The van der Waals surface area contributed by atoms with Crippen LogP contribution in [-0.4, -0.2) is 38.6 Å². The summed E-state index contributed by atoms with van der Waals surface area (Å²) < 4.78 is 30.1. The summed E-state index contributed by atoms with van der Waals surface area (Å²) in [6.07, 6.45) is 5.45. The third-order valence-corrected chi connectivity index (χ3v) is 7.65. The van der Waals surface area contributed by atoms with Crippen molar-refractivity contribution in [2.45, 2.75) is 57.4 Å². The van der Waals surface area contributed by atoms with Gasteiger partial charge in [-0.15, -0.1) is 0 Å². The van der Waals surface area contributed by atoms with Gasteiger partial charge in [0.05, 0.1) is 32.3 Å². The highest BCUT2D eigenvalue weighted by Gasteiger charge is 2.42. The summed E-state index contributed by atoms with van der Waals surface area (Å²) in [5.41, 5.74) is 0.706. The van der Waals surface area contributed by atoms with Crippen molar-refractivity contribution in [3.8, 4) is 11.5 Å². The molecule has 2 saturated carbocycles. The average Bonchev–Trinajstić information content (AvgIpc) is 2.91. The highest BCUT2D eigenvalue weighted by atomic mass is 19.1. The predicted molar refractivity (Wildman–Crippen MR) is 140 cm³/mol. The molecule has 2 aromatic carbocycles. The van der Waals surface area contributed by atoms with Crippen LogP contribution in [0.3, 0.4) is 0 Å². The summed E-state index contributed by atoms with van der Waals surface area (Å²) in [5, 5.41) is 5.98. The summed E-state index contributed by atoms with van der Waals surface area (Å²) in [7, 11) is 2.76. The first-order valence-corrected chi connectivity index (χ1v) is 13.1. The van der Waals surface area contributed by atoms with E-state index in [4.69, 9.17) is 14.2 Å². The van der Waals surface area contributed by atoms with Gasteiger partial charge in [0.15, 0.2) is 11.5 Å². The van der Waals surface area contributed by atoms with Crippen molar-refractivity contribution in [1.82, 2.24) is 5.32 Å². The van der Waals surface area contributed by atoms with E-state index in [1.165, 1.54) is 20.3 Å². The van der Waals surface area contributed by atoms with Crippen molar-refractivity contribution in [2.75, 3.05) is 26.1 Å². The van der Waals surface area contributed by atoms with Gasteiger partial charge in [0.1, 0.15) is 11.4 Å². The maximum absolute atomic E-state index is 14.5. The number of methoxy groups -OCH3 is 2. The standard InChI is InChI=1S/C29H35FN2O6/c1-4-38-28(35)19-8-5-7-18(17-19)26(33)32-29(15-6-16-29)20-9-11-21(12-10-20)31-27(34)24-22(30)13-14-23(36-2)25(24)37-3/h9-14,18-19H,4-8,15-17H2,1-3H3,(H,31,34)(H,32,33)/t18-,19+/m0/s1. The number of esters is 1. The Morgan fingerprint density at radius 3 is 2.29 bits per heavy atom. The average molecular weight is 527 g/mol. The number of hydrogen-bond donors (Lipinski definition) is 2. The molecule has 2 N–H and O–H groups in total. The van der Waals surface area contributed by atoms with Crippen LogP contribution in [0.5, 0.6) is 11.5 Å². The quantitative estimate of drug-likeness (QED) is 0.448. The smallest absolute Gasteiger partial charge is 0.308 e. The highest BCUT2D eigenvalue weighted by Crippen LogP contribution is 2.43. The predicted octanol–water partition coefficient (Wildman–Crippen LogP) is 4.96. The van der Waals surface area contributed by atoms with Gasteiger partial charge in [-0.1, -0.05) is 18.6 Å². The Bertz CT molecular complexity index is 1180. The molecule has 0 aromatic heterocycles. The lowest BCUT2D eigenvalue weighted by molar-refractivity contribution is -0.150. The minimum atomic E-state index is -0.721. The van der Waals surface area contributed by atoms with E-state index in [1.807, 2.05) is 12.1 Å². The topological polar surface area (TPSA) is 103 Å². The SMILES string of the molecule is CCOC(=O)[C@@H]1CCC[C@H](C(=O)NC2(c3ccc(NC(=O)c4c(F)ccc(OC)c4OC)cc3)CCC2)C1. The number of benzene rings is 2. The Hall–Kier alpha value is -3.62. The molecule has 2 aliphatic carbocycles. The van der Waals surface area contributed by atoms with E-state index in [1.54, 1.807) is 19.1 Å². The maximum Gasteiger partial charge on any atom is 0.308 e. The number of ether oxygens (including phenoxy) is 3. The van der Waals surface area contributed by atoms with Crippen LogP contribution in [-0.2, 0) is 19.9 Å². The number of hydrogen-bond acceptors (Lipinski definition) is 6. The molecule has 204 valence electrons. The van der Waals surface area contributed by atoms with Gasteiger partial charge in [0, 0.05) is 11.6 Å². The molecule has 2 fully saturated rings. The molecular weight excluding hydrogens is 491 g/mol. The van der Waals surface area contributed by atoms with Crippen LogP contribution in [0.4, 0.5) is 10.1 Å². The Morgan fingerprint density at radius 1 is 0.974 bits per heavy atom. The first kappa shape index (κ1) is 27.4. The first-order valence-electron chi connectivity index (χ1n) is 13.1. The lowest BCUT2D eigenvalue weighted by Crippen LogP contribution is -2.53. The Morgan fingerprint density at radius 2 is 1.68 bits per heavy atom. The fraction of sp³-hybridized carbons (Fsp3) is 0.483. The lowest BCUT2D eigenvalue weighted by atomic mass is 9.71. The maximum atomic E-state index is 14.5. The van der Waals surface area contributed by atoms with Crippen molar-refractivity contribution in [3.63, 3.8) is 0 Å². The molecule has 0 heterocycles. The van der Waals surface area contributed by atoms with Crippen molar-refractivity contribution in [2.24, 2.45) is 11.8 Å². The number of anilines is 1. The zero-order valence-corrected chi connectivity index (χ0v) is 22.1. The molecule has 2 aromatic rings. The monoisotopic (exact) mass is 526 g/mol. The van der Waals surface area contributed by atoms with Crippen molar-refractivity contribution in [3.05, 3.63) is 53.3 Å². The summed E-state index contributed by atoms with van der Waals surface area (Å²) >= 11 is 0. The van der Waals surface area contributed by atoms with Crippen LogP contribution in [0.15, 0.2) is 36.4 Å². The van der Waals surface area contributed by atoms with E-state index in [0.29, 0.717) is 18.7 Å². The molecule has 38 heavy (non-hydrogen) atoms. The molecule has 8 nitrogen and oxygen atoms in total. The molecule has 9 heteroatoms. The second kappa shape index (κ2) is 11.8. The van der Waals surface area contributed by atoms with E-state index in [0.717, 1.165) is 50.2 Å². The second-order valence-electron chi connectivity index (χ2n) is 9.93. The van der Waals surface area contributed by atoms with Gasteiger partial charge in [-0.25, -0.2) is 4.39 Å². The molecule has 0 bridgehead atoms. The van der Waals surface area contributed by atoms with E-state index in [2.05, 4.69) is 10.6 Å². The van der Waals surface area contributed by atoms with Gasteiger partial charge in [-0.05, 0) is 75.3 Å². The van der Waals surface area contributed by atoms with Crippen LogP contribution in [0.25, 0.3) is 0 Å². The molecule has 0 spiro atoms.